The summed E-state index contributed by atoms with van der Waals surface area (Å²) < 4.78 is 0. The van der Waals surface area contributed by atoms with E-state index >= 15 is 0 Å². The van der Waals surface area contributed by atoms with Gasteiger partial charge in [0, 0.05) is 31.3 Å². The Morgan fingerprint density at radius 3 is 2.38 bits per heavy atom. The molecule has 0 aromatic heterocycles. The predicted molar refractivity (Wildman–Crippen MR) is 116 cm³/mol. The number of carbonyl (C=O) groups excluding carboxylic acids is 3. The van der Waals surface area contributed by atoms with Crippen molar-refractivity contribution in [2.24, 2.45) is 17.6 Å². The maximum Gasteiger partial charge on any atom is 0.255 e. The van der Waals surface area contributed by atoms with Crippen LogP contribution < -0.4 is 10.6 Å². The van der Waals surface area contributed by atoms with Crippen molar-refractivity contribution in [3.05, 3.63) is 46.2 Å². The third kappa shape index (κ3) is 2.88. The zero-order valence-corrected chi connectivity index (χ0v) is 18.4. The number of aliphatic hydroxyl groups excluding tert-OH is 1. The van der Waals surface area contributed by atoms with E-state index < -0.39 is 46.4 Å². The number of aromatic hydroxyl groups is 1. The number of phenols is 1. The van der Waals surface area contributed by atoms with Crippen LogP contribution in [0, 0.1) is 11.8 Å². The third-order valence-electron chi connectivity index (χ3n) is 6.92. The quantitative estimate of drug-likeness (QED) is 0.490. The number of anilines is 1. The maximum absolute atomic E-state index is 13.4. The lowest BCUT2D eigenvalue weighted by molar-refractivity contribution is -0.142. The number of fused-ring (bicyclic) bond motifs is 3. The SMILES string of the molecule is CN(C)c1ccc(O)c2c1C[C@H]1C[C@H]3[C@H](N(C)C)C(O)=C(C(N)=O)C(=O)[C@@]3(O)C=C1C2=O. The Morgan fingerprint density at radius 1 is 1.16 bits per heavy atom. The fourth-order valence-corrected chi connectivity index (χ4v) is 5.51. The highest BCUT2D eigenvalue weighted by Gasteiger charge is 2.58. The molecule has 0 aliphatic heterocycles. The summed E-state index contributed by atoms with van der Waals surface area (Å²) in [6, 6.07) is 2.36. The Hall–Kier alpha value is -3.17. The second-order valence-corrected chi connectivity index (χ2v) is 9.21. The highest BCUT2D eigenvalue weighted by atomic mass is 16.3. The number of nitrogens with zero attached hydrogens (tertiary/aromatic N) is 2. The molecule has 3 aliphatic rings. The number of aliphatic hydroxyl groups is 2. The van der Waals surface area contributed by atoms with Gasteiger partial charge in [-0.1, -0.05) is 0 Å². The van der Waals surface area contributed by atoms with E-state index in [0.29, 0.717) is 12.0 Å². The van der Waals surface area contributed by atoms with Gasteiger partial charge in [-0.25, -0.2) is 0 Å². The largest absolute Gasteiger partial charge is 0.510 e. The van der Waals surface area contributed by atoms with Crippen LogP contribution >= 0.6 is 0 Å². The Balaban J connectivity index is 1.92. The molecule has 3 aliphatic carbocycles. The number of phenolic OH excluding ortho intramolecular Hbond substituents is 1. The minimum atomic E-state index is -2.18. The van der Waals surface area contributed by atoms with Gasteiger partial charge in [0.15, 0.2) is 11.4 Å². The zero-order valence-electron chi connectivity index (χ0n) is 18.4. The van der Waals surface area contributed by atoms with Crippen LogP contribution in [0.5, 0.6) is 5.75 Å². The summed E-state index contributed by atoms with van der Waals surface area (Å²) in [4.78, 5) is 42.0. The average molecular weight is 441 g/mol. The Labute approximate surface area is 185 Å². The van der Waals surface area contributed by atoms with Gasteiger partial charge in [0.1, 0.15) is 17.1 Å². The molecule has 9 heteroatoms. The number of rotatable bonds is 3. The molecule has 170 valence electrons. The number of primary amides is 1. The monoisotopic (exact) mass is 441 g/mol. The van der Waals surface area contributed by atoms with Crippen LogP contribution in [0.2, 0.25) is 0 Å². The molecule has 0 radical (unpaired) electrons. The van der Waals surface area contributed by atoms with Crippen LogP contribution in [0.1, 0.15) is 22.3 Å². The average Bonchev–Trinajstić information content (AvgIpc) is 2.68. The first kappa shape index (κ1) is 22.0. The van der Waals surface area contributed by atoms with Crippen LogP contribution in [0.3, 0.4) is 0 Å². The van der Waals surface area contributed by atoms with Gasteiger partial charge in [0.25, 0.3) is 5.91 Å². The van der Waals surface area contributed by atoms with Crippen LogP contribution in [0.4, 0.5) is 5.69 Å². The van der Waals surface area contributed by atoms with E-state index in [-0.39, 0.29) is 29.2 Å². The number of ketones is 2. The van der Waals surface area contributed by atoms with E-state index in [2.05, 4.69) is 0 Å². The molecule has 1 amide bonds. The molecule has 9 nitrogen and oxygen atoms in total. The second kappa shape index (κ2) is 7.18. The van der Waals surface area contributed by atoms with Crippen molar-refractivity contribution in [2.45, 2.75) is 24.5 Å². The Kier molecular flexibility index (Phi) is 4.94. The topological polar surface area (TPSA) is 144 Å². The molecular weight excluding hydrogens is 414 g/mol. The minimum absolute atomic E-state index is 0.154. The molecule has 1 aromatic rings. The summed E-state index contributed by atoms with van der Waals surface area (Å²) in [5.41, 5.74) is 4.39. The van der Waals surface area contributed by atoms with E-state index in [9.17, 15) is 29.7 Å². The van der Waals surface area contributed by atoms with Crippen molar-refractivity contribution in [1.82, 2.24) is 4.90 Å². The molecule has 0 bridgehead atoms. The lowest BCUT2D eigenvalue weighted by atomic mass is 9.59. The van der Waals surface area contributed by atoms with Gasteiger partial charge in [-0.15, -0.1) is 0 Å². The summed E-state index contributed by atoms with van der Waals surface area (Å²) in [6.45, 7) is 0. The summed E-state index contributed by atoms with van der Waals surface area (Å²) >= 11 is 0. The first-order valence-electron chi connectivity index (χ1n) is 10.4. The van der Waals surface area contributed by atoms with Crippen molar-refractivity contribution in [1.29, 1.82) is 0 Å². The molecule has 5 N–H and O–H groups in total. The summed E-state index contributed by atoms with van der Waals surface area (Å²) in [6.07, 6.45) is 1.86. The van der Waals surface area contributed by atoms with E-state index in [0.717, 1.165) is 5.69 Å². The van der Waals surface area contributed by atoms with Gasteiger partial charge >= 0.3 is 0 Å². The van der Waals surface area contributed by atoms with Gasteiger partial charge in [0.2, 0.25) is 5.78 Å². The Morgan fingerprint density at radius 2 is 1.81 bits per heavy atom. The minimum Gasteiger partial charge on any atom is -0.510 e. The van der Waals surface area contributed by atoms with Crippen LogP contribution in [-0.4, -0.2) is 77.5 Å². The summed E-state index contributed by atoms with van der Waals surface area (Å²) in [7, 11) is 7.02. The molecule has 0 unspecified atom stereocenters. The number of amides is 1. The number of hydrogen-bond acceptors (Lipinski definition) is 8. The predicted octanol–water partition coefficient (Wildman–Crippen LogP) is 0.301. The smallest absolute Gasteiger partial charge is 0.255 e. The first-order valence-corrected chi connectivity index (χ1v) is 10.4. The molecule has 0 saturated carbocycles. The molecule has 0 spiro atoms. The number of nitrogens with two attached hydrogens (primary N) is 1. The van der Waals surface area contributed by atoms with Gasteiger partial charge < -0.3 is 26.0 Å². The molecule has 0 heterocycles. The highest BCUT2D eigenvalue weighted by Crippen LogP contribution is 2.50. The number of Topliss-reactive ketones (excluding diaryl/α,β-unsaturated/α-hetero) is 2. The van der Waals surface area contributed by atoms with Gasteiger partial charge in [0.05, 0.1) is 11.6 Å². The number of hydrogen-bond donors (Lipinski definition) is 4. The standard InChI is InChI=1S/C23H27N3O6/c1-25(2)14-5-6-15(27)16-11(14)7-10-8-13-18(26(3)4)20(29)17(22(24)31)21(30)23(13,32)9-12(10)19(16)28/h5-6,9-10,13,18,27,29,32H,7-8H2,1-4H3,(H2,24,31)/t10-,13-,18-,23+/m0/s1. The summed E-state index contributed by atoms with van der Waals surface area (Å²) in [5.74, 6) is -4.37. The fourth-order valence-electron chi connectivity index (χ4n) is 5.51. The van der Waals surface area contributed by atoms with Gasteiger partial charge in [-0.05, 0) is 56.6 Å². The molecule has 0 fully saturated rings. The zero-order chi connectivity index (χ0) is 23.7. The van der Waals surface area contributed by atoms with Crippen molar-refractivity contribution < 1.29 is 29.7 Å². The molecule has 32 heavy (non-hydrogen) atoms. The lowest BCUT2D eigenvalue weighted by Crippen LogP contribution is -2.61. The van der Waals surface area contributed by atoms with E-state index in [4.69, 9.17) is 5.73 Å². The van der Waals surface area contributed by atoms with E-state index in [1.54, 1.807) is 25.1 Å². The number of carbonyl (C=O) groups is 3. The van der Waals surface area contributed by atoms with Gasteiger partial charge in [-0.3, -0.25) is 19.3 Å². The fraction of sp³-hybridized carbons (Fsp3) is 0.435. The molecule has 4 atom stereocenters. The molecule has 4 rings (SSSR count). The van der Waals surface area contributed by atoms with Crippen molar-refractivity contribution >= 4 is 23.2 Å². The van der Waals surface area contributed by atoms with E-state index in [1.807, 2.05) is 19.0 Å². The van der Waals surface area contributed by atoms with Crippen molar-refractivity contribution in [3.8, 4) is 5.75 Å². The van der Waals surface area contributed by atoms with Gasteiger partial charge in [-0.2, -0.15) is 0 Å². The maximum atomic E-state index is 13.4. The number of allylic oxidation sites excluding steroid dienone is 1. The second-order valence-electron chi connectivity index (χ2n) is 9.21. The summed E-state index contributed by atoms with van der Waals surface area (Å²) in [5, 5.41) is 32.7. The highest BCUT2D eigenvalue weighted by molar-refractivity contribution is 6.24. The van der Waals surface area contributed by atoms with E-state index in [1.165, 1.54) is 12.1 Å². The number of benzene rings is 1. The van der Waals surface area contributed by atoms with Crippen LogP contribution in [-0.2, 0) is 16.0 Å². The molecule has 1 aromatic carbocycles. The molecular formula is C23H27N3O6. The first-order chi connectivity index (χ1) is 14.9. The van der Waals surface area contributed by atoms with Crippen LogP contribution in [0.25, 0.3) is 0 Å². The third-order valence-corrected chi connectivity index (χ3v) is 6.92. The normalized spacial score (nSPS) is 29.3. The Bertz CT molecular complexity index is 1120. The number of likely N-dealkylation sites (N-methyl/N-ethyl adjacent to an activating group) is 1. The van der Waals surface area contributed by atoms with Crippen molar-refractivity contribution in [2.75, 3.05) is 33.1 Å². The van der Waals surface area contributed by atoms with Crippen molar-refractivity contribution in [3.63, 3.8) is 0 Å². The molecule has 0 saturated heterocycles. The van der Waals surface area contributed by atoms with Crippen LogP contribution in [0.15, 0.2) is 35.1 Å². The lowest BCUT2D eigenvalue weighted by Gasteiger charge is -2.49.